The Balaban J connectivity index is 1.98. The molecule has 3 N–H and O–H groups in total. The zero-order valence-corrected chi connectivity index (χ0v) is 23.2. The summed E-state index contributed by atoms with van der Waals surface area (Å²) < 4.78 is 84.9. The Kier molecular flexibility index (Phi) is 8.65. The third-order valence-corrected chi connectivity index (χ3v) is 7.46. The van der Waals surface area contributed by atoms with Gasteiger partial charge in [0.05, 0.1) is 0 Å². The summed E-state index contributed by atoms with van der Waals surface area (Å²) in [4.78, 5) is 28.0. The number of thioether (sulfide) groups is 1. The summed E-state index contributed by atoms with van der Waals surface area (Å²) in [5.41, 5.74) is -8.85. The molecule has 0 spiro atoms. The molecule has 40 heavy (non-hydrogen) atoms. The van der Waals surface area contributed by atoms with Gasteiger partial charge in [-0.25, -0.2) is 4.79 Å². The van der Waals surface area contributed by atoms with Crippen molar-refractivity contribution < 1.29 is 45.8 Å². The number of halogens is 6. The Labute approximate surface area is 231 Å². The van der Waals surface area contributed by atoms with Crippen LogP contribution in [0.2, 0.25) is 0 Å². The number of anilines is 1. The van der Waals surface area contributed by atoms with Gasteiger partial charge in [-0.15, -0.1) is 11.8 Å². The summed E-state index contributed by atoms with van der Waals surface area (Å²) in [6.07, 6.45) is -12.1. The van der Waals surface area contributed by atoms with E-state index in [9.17, 15) is 41.0 Å². The van der Waals surface area contributed by atoms with Crippen LogP contribution in [0.25, 0.3) is 0 Å². The Hall–Kier alpha value is -2.77. The fourth-order valence-corrected chi connectivity index (χ4v) is 5.01. The van der Waals surface area contributed by atoms with E-state index >= 15 is 0 Å². The topological polar surface area (TPSA) is 87.7 Å². The molecule has 0 fully saturated rings. The smallest absolute Gasteiger partial charge is 0.430 e. The predicted molar refractivity (Wildman–Crippen MR) is 137 cm³/mol. The lowest BCUT2D eigenvalue weighted by Gasteiger charge is -2.33. The number of fused-ring (bicyclic) bond motifs is 1. The standard InChI is InChI=1S/C27H30F6N2O4S/c1-15(2)14-40-19-10-11-20-16(12-19)13-34-24(20,22(37)39-23(3,4)5)21(36)35-18-8-6-17(7-9-18)25(38,26(28,29)30)27(31,32)33/h6-12,15,34,38H,13-14H2,1-5H3,(H,35,36). The van der Waals surface area contributed by atoms with Crippen molar-refractivity contribution in [3.63, 3.8) is 0 Å². The molecule has 1 amide bonds. The van der Waals surface area contributed by atoms with E-state index in [0.717, 1.165) is 22.8 Å². The molecule has 1 aliphatic heterocycles. The van der Waals surface area contributed by atoms with Crippen molar-refractivity contribution in [1.29, 1.82) is 0 Å². The number of amides is 1. The van der Waals surface area contributed by atoms with Crippen molar-refractivity contribution in [3.8, 4) is 0 Å². The first-order chi connectivity index (χ1) is 18.2. The van der Waals surface area contributed by atoms with E-state index in [2.05, 4.69) is 24.5 Å². The highest BCUT2D eigenvalue weighted by Crippen LogP contribution is 2.50. The van der Waals surface area contributed by atoms with E-state index in [4.69, 9.17) is 4.74 Å². The number of ether oxygens (including phenoxy) is 1. The SMILES string of the molecule is CC(C)CSc1ccc2c(c1)CNC2(C(=O)Nc1ccc(C(O)(C(F)(F)F)C(F)(F)F)cc1)C(=O)OC(C)(C)C. The van der Waals surface area contributed by atoms with Crippen molar-refractivity contribution in [3.05, 3.63) is 59.2 Å². The molecule has 1 atom stereocenters. The number of carbonyl (C=O) groups is 2. The highest BCUT2D eigenvalue weighted by atomic mass is 32.2. The predicted octanol–water partition coefficient (Wildman–Crippen LogP) is 6.03. The molecule has 0 aliphatic carbocycles. The first-order valence-corrected chi connectivity index (χ1v) is 13.2. The first kappa shape index (κ1) is 31.8. The van der Waals surface area contributed by atoms with Gasteiger partial charge in [0, 0.05) is 28.4 Å². The maximum absolute atomic E-state index is 13.6. The van der Waals surface area contributed by atoms with Gasteiger partial charge in [0.1, 0.15) is 5.60 Å². The maximum atomic E-state index is 13.6. The minimum absolute atomic E-state index is 0.126. The third kappa shape index (κ3) is 6.10. The molecule has 13 heteroatoms. The van der Waals surface area contributed by atoms with Crippen LogP contribution in [0.15, 0.2) is 47.4 Å². The van der Waals surface area contributed by atoms with Crippen molar-refractivity contribution in [2.24, 2.45) is 5.92 Å². The van der Waals surface area contributed by atoms with E-state index < -0.39 is 46.5 Å². The van der Waals surface area contributed by atoms with Crippen LogP contribution in [-0.4, -0.2) is 40.7 Å². The Bertz CT molecular complexity index is 1240. The van der Waals surface area contributed by atoms with Crippen molar-refractivity contribution >= 4 is 29.3 Å². The second-order valence-corrected chi connectivity index (χ2v) is 12.0. The number of carbonyl (C=O) groups excluding carboxylic acids is 2. The van der Waals surface area contributed by atoms with Gasteiger partial charge in [-0.05, 0) is 62.1 Å². The van der Waals surface area contributed by atoms with Gasteiger partial charge in [0.15, 0.2) is 0 Å². The van der Waals surface area contributed by atoms with E-state index in [1.807, 2.05) is 6.07 Å². The Morgan fingerprint density at radius 2 is 1.60 bits per heavy atom. The van der Waals surface area contributed by atoms with E-state index in [1.54, 1.807) is 44.7 Å². The van der Waals surface area contributed by atoms with Crippen LogP contribution < -0.4 is 10.6 Å². The van der Waals surface area contributed by atoms with E-state index in [-0.39, 0.29) is 12.2 Å². The molecule has 1 aliphatic rings. The number of aliphatic hydroxyl groups is 1. The molecule has 6 nitrogen and oxygen atoms in total. The fraction of sp³-hybridized carbons (Fsp3) is 0.481. The highest BCUT2D eigenvalue weighted by Gasteiger charge is 2.71. The lowest BCUT2D eigenvalue weighted by molar-refractivity contribution is -0.376. The zero-order valence-electron chi connectivity index (χ0n) is 22.4. The molecular weight excluding hydrogens is 562 g/mol. The number of hydrogen-bond donors (Lipinski definition) is 3. The van der Waals surface area contributed by atoms with Crippen molar-refractivity contribution in [2.75, 3.05) is 11.1 Å². The van der Waals surface area contributed by atoms with Crippen molar-refractivity contribution in [2.45, 2.75) is 75.2 Å². The quantitative estimate of drug-likeness (QED) is 0.158. The van der Waals surface area contributed by atoms with Crippen molar-refractivity contribution in [1.82, 2.24) is 5.32 Å². The fourth-order valence-electron chi connectivity index (χ4n) is 4.10. The molecule has 220 valence electrons. The number of esters is 1. The zero-order chi connectivity index (χ0) is 30.3. The van der Waals surface area contributed by atoms with Gasteiger partial charge in [0.2, 0.25) is 5.54 Å². The molecule has 1 unspecified atom stereocenters. The molecule has 0 radical (unpaired) electrons. The lowest BCUT2D eigenvalue weighted by Crippen LogP contribution is -2.56. The van der Waals surface area contributed by atoms with Gasteiger partial charge in [-0.2, -0.15) is 26.3 Å². The Morgan fingerprint density at radius 3 is 2.10 bits per heavy atom. The van der Waals surface area contributed by atoms with Gasteiger partial charge < -0.3 is 15.2 Å². The molecule has 0 bridgehead atoms. The number of alkyl halides is 6. The van der Waals surface area contributed by atoms with Crippen LogP contribution in [0.4, 0.5) is 32.0 Å². The summed E-state index contributed by atoms with van der Waals surface area (Å²) in [6, 6.07) is 7.60. The first-order valence-electron chi connectivity index (χ1n) is 12.2. The van der Waals surface area contributed by atoms with Crippen LogP contribution in [-0.2, 0) is 32.0 Å². The second-order valence-electron chi connectivity index (χ2n) is 10.9. The van der Waals surface area contributed by atoms with Crippen LogP contribution >= 0.6 is 11.8 Å². The molecule has 3 rings (SSSR count). The minimum atomic E-state index is -6.05. The normalized spacial score (nSPS) is 18.0. The van der Waals surface area contributed by atoms with E-state index in [1.165, 1.54) is 0 Å². The van der Waals surface area contributed by atoms with E-state index in [0.29, 0.717) is 29.2 Å². The summed E-state index contributed by atoms with van der Waals surface area (Å²) in [7, 11) is 0. The van der Waals surface area contributed by atoms with Gasteiger partial charge >= 0.3 is 18.3 Å². The largest absolute Gasteiger partial charge is 0.458 e. The molecule has 0 saturated carbocycles. The number of nitrogens with one attached hydrogen (secondary N) is 2. The third-order valence-electron chi connectivity index (χ3n) is 6.03. The minimum Gasteiger partial charge on any atom is -0.458 e. The number of rotatable bonds is 7. The molecule has 2 aromatic carbocycles. The van der Waals surface area contributed by atoms with Gasteiger partial charge in [0.25, 0.3) is 11.5 Å². The summed E-state index contributed by atoms with van der Waals surface area (Å²) in [5.74, 6) is -0.605. The lowest BCUT2D eigenvalue weighted by atomic mass is 9.88. The molecule has 2 aromatic rings. The van der Waals surface area contributed by atoms with Crippen LogP contribution in [0.1, 0.15) is 51.3 Å². The molecule has 1 heterocycles. The van der Waals surface area contributed by atoms with Crippen LogP contribution in [0.5, 0.6) is 0 Å². The van der Waals surface area contributed by atoms with Gasteiger partial charge in [-0.3, -0.25) is 10.1 Å². The van der Waals surface area contributed by atoms with Crippen LogP contribution in [0.3, 0.4) is 0 Å². The second kappa shape index (κ2) is 10.9. The monoisotopic (exact) mass is 592 g/mol. The number of benzene rings is 2. The Morgan fingerprint density at radius 1 is 1.02 bits per heavy atom. The highest BCUT2D eigenvalue weighted by molar-refractivity contribution is 7.99. The number of hydrogen-bond acceptors (Lipinski definition) is 6. The van der Waals surface area contributed by atoms with Crippen LogP contribution in [0, 0.1) is 5.92 Å². The average molecular weight is 593 g/mol. The summed E-state index contributed by atoms with van der Waals surface area (Å²) in [6.45, 7) is 9.09. The van der Waals surface area contributed by atoms with Gasteiger partial charge in [-0.1, -0.05) is 32.0 Å². The summed E-state index contributed by atoms with van der Waals surface area (Å²) in [5, 5.41) is 14.9. The average Bonchev–Trinajstić information content (AvgIpc) is 3.20. The molecule has 0 aromatic heterocycles. The molecular formula is C27H30F6N2O4S. The molecule has 0 saturated heterocycles. The maximum Gasteiger partial charge on any atom is 0.430 e. The summed E-state index contributed by atoms with van der Waals surface area (Å²) >= 11 is 1.61.